The molecule has 0 radical (unpaired) electrons. The predicted molar refractivity (Wildman–Crippen MR) is 54.9 cm³/mol. The Labute approximate surface area is 81.8 Å². The molecule has 0 aliphatic rings. The molecule has 0 unspecified atom stereocenters. The molecule has 0 atom stereocenters. The highest BCUT2D eigenvalue weighted by Gasteiger charge is 2.08. The molecule has 0 fully saturated rings. The van der Waals surface area contributed by atoms with Crippen molar-refractivity contribution in [2.75, 3.05) is 7.11 Å². The Hall–Kier alpha value is -1.09. The van der Waals surface area contributed by atoms with Gasteiger partial charge in [0.1, 0.15) is 0 Å². The van der Waals surface area contributed by atoms with Gasteiger partial charge in [0.2, 0.25) is 0 Å². The van der Waals surface area contributed by atoms with E-state index in [2.05, 4.69) is 11.3 Å². The first kappa shape index (κ1) is 9.99. The van der Waals surface area contributed by atoms with Gasteiger partial charge in [-0.3, -0.25) is 4.79 Å². The zero-order valence-electron chi connectivity index (χ0n) is 7.79. The fourth-order valence-corrected chi connectivity index (χ4v) is 2.04. The monoisotopic (exact) mass is 196 g/mol. The lowest BCUT2D eigenvalue weighted by Gasteiger charge is -1.96. The van der Waals surface area contributed by atoms with Crippen LogP contribution in [-0.2, 0) is 16.0 Å². The Morgan fingerprint density at radius 2 is 2.46 bits per heavy atom. The maximum Gasteiger partial charge on any atom is 0.310 e. The summed E-state index contributed by atoms with van der Waals surface area (Å²) >= 11 is 1.58. The summed E-state index contributed by atoms with van der Waals surface area (Å²) in [5.41, 5.74) is 1.13. The summed E-state index contributed by atoms with van der Waals surface area (Å²) in [6.07, 6.45) is 2.15. The van der Waals surface area contributed by atoms with Crippen LogP contribution in [0.4, 0.5) is 0 Å². The first-order chi connectivity index (χ1) is 6.17. The number of rotatable bonds is 3. The van der Waals surface area contributed by atoms with Gasteiger partial charge < -0.3 is 4.74 Å². The van der Waals surface area contributed by atoms with Gasteiger partial charge in [0.05, 0.1) is 13.5 Å². The number of thiophene rings is 1. The largest absolute Gasteiger partial charge is 0.469 e. The molecule has 0 spiro atoms. The first-order valence-electron chi connectivity index (χ1n) is 3.96. The zero-order valence-corrected chi connectivity index (χ0v) is 8.61. The standard InChI is InChI=1S/C10H12O2S/c1-4-8-5-7(2)9(13-8)6-10(11)12-3/h4-5H,1,6H2,2-3H3. The smallest absolute Gasteiger partial charge is 0.310 e. The van der Waals surface area contributed by atoms with Crippen molar-refractivity contribution in [1.82, 2.24) is 0 Å². The van der Waals surface area contributed by atoms with Crippen molar-refractivity contribution in [3.63, 3.8) is 0 Å². The van der Waals surface area contributed by atoms with Gasteiger partial charge in [-0.25, -0.2) is 0 Å². The van der Waals surface area contributed by atoms with Crippen LogP contribution in [0, 0.1) is 6.92 Å². The second-order valence-electron chi connectivity index (χ2n) is 2.71. The van der Waals surface area contributed by atoms with E-state index in [4.69, 9.17) is 0 Å². The van der Waals surface area contributed by atoms with Gasteiger partial charge in [0.15, 0.2) is 0 Å². The number of carbonyl (C=O) groups excluding carboxylic acids is 1. The second kappa shape index (κ2) is 4.23. The minimum Gasteiger partial charge on any atom is -0.469 e. The molecule has 1 aromatic rings. The summed E-state index contributed by atoms with van der Waals surface area (Å²) in [6, 6.07) is 2.02. The molecule has 2 nitrogen and oxygen atoms in total. The predicted octanol–water partition coefficient (Wildman–Crippen LogP) is 2.42. The fourth-order valence-electron chi connectivity index (χ4n) is 1.03. The first-order valence-corrected chi connectivity index (χ1v) is 4.77. The number of hydrogen-bond donors (Lipinski definition) is 0. The Bertz CT molecular complexity index is 326. The van der Waals surface area contributed by atoms with E-state index in [1.54, 1.807) is 17.4 Å². The number of aryl methyl sites for hydroxylation is 1. The Kier molecular flexibility index (Phi) is 3.25. The number of hydrogen-bond acceptors (Lipinski definition) is 3. The van der Waals surface area contributed by atoms with Crippen LogP contribution in [0.3, 0.4) is 0 Å². The van der Waals surface area contributed by atoms with Crippen molar-refractivity contribution in [1.29, 1.82) is 0 Å². The number of carbonyl (C=O) groups is 1. The highest BCUT2D eigenvalue weighted by molar-refractivity contribution is 7.13. The summed E-state index contributed by atoms with van der Waals surface area (Å²) < 4.78 is 4.59. The van der Waals surface area contributed by atoms with Crippen LogP contribution in [0.5, 0.6) is 0 Å². The molecule has 0 amide bonds. The van der Waals surface area contributed by atoms with E-state index in [9.17, 15) is 4.79 Å². The van der Waals surface area contributed by atoms with Gasteiger partial charge in [-0.05, 0) is 18.6 Å². The van der Waals surface area contributed by atoms with E-state index < -0.39 is 0 Å². The summed E-state index contributed by atoms with van der Waals surface area (Å²) in [7, 11) is 1.40. The quantitative estimate of drug-likeness (QED) is 0.694. The Morgan fingerprint density at radius 1 is 1.77 bits per heavy atom. The lowest BCUT2D eigenvalue weighted by molar-refractivity contribution is -0.139. The van der Waals surface area contributed by atoms with E-state index in [0.717, 1.165) is 15.3 Å². The summed E-state index contributed by atoms with van der Waals surface area (Å²) in [5, 5.41) is 0. The normalized spacial score (nSPS) is 9.69. The lowest BCUT2D eigenvalue weighted by Crippen LogP contribution is -2.03. The molecular formula is C10H12O2S. The van der Waals surface area contributed by atoms with Gasteiger partial charge in [0, 0.05) is 9.75 Å². The molecule has 1 heterocycles. The topological polar surface area (TPSA) is 26.3 Å². The molecule has 0 N–H and O–H groups in total. The second-order valence-corrected chi connectivity index (χ2v) is 3.88. The van der Waals surface area contributed by atoms with Crippen molar-refractivity contribution < 1.29 is 9.53 Å². The molecule has 70 valence electrons. The number of ether oxygens (including phenoxy) is 1. The van der Waals surface area contributed by atoms with Crippen LogP contribution < -0.4 is 0 Å². The molecule has 0 aliphatic carbocycles. The molecule has 0 aromatic carbocycles. The average Bonchev–Trinajstić information content (AvgIpc) is 2.47. The van der Waals surface area contributed by atoms with E-state index in [0.29, 0.717) is 6.42 Å². The van der Waals surface area contributed by atoms with Crippen LogP contribution in [-0.4, -0.2) is 13.1 Å². The zero-order chi connectivity index (χ0) is 9.84. The third kappa shape index (κ3) is 2.42. The molecule has 3 heteroatoms. The summed E-state index contributed by atoms with van der Waals surface area (Å²) in [4.78, 5) is 13.1. The van der Waals surface area contributed by atoms with E-state index in [-0.39, 0.29) is 5.97 Å². The van der Waals surface area contributed by atoms with Crippen LogP contribution >= 0.6 is 11.3 Å². The molecule has 1 aromatic heterocycles. The van der Waals surface area contributed by atoms with E-state index in [1.165, 1.54) is 7.11 Å². The Morgan fingerprint density at radius 3 is 2.92 bits per heavy atom. The summed E-state index contributed by atoms with van der Waals surface area (Å²) in [6.45, 7) is 5.67. The SMILES string of the molecule is C=Cc1cc(C)c(CC(=O)OC)s1. The molecule has 13 heavy (non-hydrogen) atoms. The van der Waals surface area contributed by atoms with E-state index in [1.807, 2.05) is 13.0 Å². The van der Waals surface area contributed by atoms with Crippen LogP contribution in [0.2, 0.25) is 0 Å². The van der Waals surface area contributed by atoms with Crippen LogP contribution in [0.15, 0.2) is 12.6 Å². The molecule has 0 aliphatic heterocycles. The highest BCUT2D eigenvalue weighted by Crippen LogP contribution is 2.23. The van der Waals surface area contributed by atoms with Crippen molar-refractivity contribution in [3.05, 3.63) is 28.0 Å². The minimum absolute atomic E-state index is 0.194. The lowest BCUT2D eigenvalue weighted by atomic mass is 10.2. The van der Waals surface area contributed by atoms with Crippen molar-refractivity contribution in [3.8, 4) is 0 Å². The third-order valence-corrected chi connectivity index (χ3v) is 3.01. The van der Waals surface area contributed by atoms with Crippen LogP contribution in [0.1, 0.15) is 15.3 Å². The van der Waals surface area contributed by atoms with E-state index >= 15 is 0 Å². The van der Waals surface area contributed by atoms with Crippen molar-refractivity contribution in [2.24, 2.45) is 0 Å². The third-order valence-electron chi connectivity index (χ3n) is 1.77. The van der Waals surface area contributed by atoms with Gasteiger partial charge in [0.25, 0.3) is 0 Å². The van der Waals surface area contributed by atoms with Gasteiger partial charge in [-0.15, -0.1) is 11.3 Å². The molecule has 0 bridgehead atoms. The molecule has 0 saturated heterocycles. The van der Waals surface area contributed by atoms with Crippen molar-refractivity contribution >= 4 is 23.4 Å². The maximum absolute atomic E-state index is 11.0. The molecule has 0 saturated carbocycles. The summed E-state index contributed by atoms with van der Waals surface area (Å²) in [5.74, 6) is -0.194. The van der Waals surface area contributed by atoms with Crippen LogP contribution in [0.25, 0.3) is 6.08 Å². The fraction of sp³-hybridized carbons (Fsp3) is 0.300. The maximum atomic E-state index is 11.0. The minimum atomic E-state index is -0.194. The van der Waals surface area contributed by atoms with Gasteiger partial charge in [-0.1, -0.05) is 12.7 Å². The van der Waals surface area contributed by atoms with Gasteiger partial charge >= 0.3 is 5.97 Å². The number of methoxy groups -OCH3 is 1. The Balaban J connectivity index is 2.82. The molecule has 1 rings (SSSR count). The highest BCUT2D eigenvalue weighted by atomic mass is 32.1. The van der Waals surface area contributed by atoms with Crippen molar-refractivity contribution in [2.45, 2.75) is 13.3 Å². The van der Waals surface area contributed by atoms with Gasteiger partial charge in [-0.2, -0.15) is 0 Å². The molecular weight excluding hydrogens is 184 g/mol. The number of esters is 1. The average molecular weight is 196 g/mol.